The molecule has 0 amide bonds. The average molecular weight is 285 g/mol. The van der Waals surface area contributed by atoms with Crippen LogP contribution in [0.15, 0.2) is 23.5 Å². The first-order chi connectivity index (χ1) is 10.3. The molecule has 21 heavy (non-hydrogen) atoms. The minimum atomic E-state index is 0.914. The Bertz CT molecular complexity index is 484. The summed E-state index contributed by atoms with van der Waals surface area (Å²) in [6, 6.07) is 1.83. The molecule has 0 N–H and O–H groups in total. The second kappa shape index (κ2) is 4.62. The van der Waals surface area contributed by atoms with Crippen LogP contribution in [-0.4, -0.2) is 30.6 Å². The highest BCUT2D eigenvalue weighted by atomic mass is 16.5. The first-order valence-corrected chi connectivity index (χ1v) is 9.04. The molecule has 3 saturated carbocycles. The van der Waals surface area contributed by atoms with E-state index < -0.39 is 0 Å². The van der Waals surface area contributed by atoms with Crippen molar-refractivity contribution in [2.75, 3.05) is 13.7 Å². The molecular weight excluding hydrogens is 258 g/mol. The zero-order valence-corrected chi connectivity index (χ0v) is 13.1. The lowest BCUT2D eigenvalue weighted by Gasteiger charge is -2.30. The summed E-state index contributed by atoms with van der Waals surface area (Å²) in [5.41, 5.74) is 1.52. The summed E-state index contributed by atoms with van der Waals surface area (Å²) in [7, 11) is 1.82. The summed E-state index contributed by atoms with van der Waals surface area (Å²) in [6.45, 7) is 1.19. The van der Waals surface area contributed by atoms with Crippen LogP contribution in [0.3, 0.4) is 0 Å². The number of allylic oxidation sites excluding steroid dienone is 2. The topological polar surface area (TPSA) is 12.5 Å². The van der Waals surface area contributed by atoms with Gasteiger partial charge in [-0.25, -0.2) is 0 Å². The fraction of sp³-hybridized carbons (Fsp3) is 0.789. The summed E-state index contributed by atoms with van der Waals surface area (Å²) >= 11 is 0. The van der Waals surface area contributed by atoms with E-state index in [1.807, 2.05) is 7.11 Å². The van der Waals surface area contributed by atoms with Crippen molar-refractivity contribution in [1.29, 1.82) is 0 Å². The normalized spacial score (nSPS) is 47.5. The van der Waals surface area contributed by atoms with Crippen molar-refractivity contribution in [3.63, 3.8) is 0 Å². The molecule has 6 unspecified atom stereocenters. The third kappa shape index (κ3) is 1.75. The van der Waals surface area contributed by atoms with Gasteiger partial charge in [0, 0.05) is 25.0 Å². The number of methoxy groups -OCH3 is 1. The molecule has 0 aromatic heterocycles. The number of rotatable bonds is 3. The summed E-state index contributed by atoms with van der Waals surface area (Å²) in [5, 5.41) is 0. The standard InChI is InChI=1S/C19H27NO/c1-21-15-4-2-3-12(9-15)11-20-16-7-5-13-10-14-6-8-17(20)19(14)18(13)16/h3,9,13-14,16-19H,2,4-8,10-11H2,1H3. The maximum atomic E-state index is 5.48. The van der Waals surface area contributed by atoms with Gasteiger partial charge in [0.1, 0.15) is 0 Å². The van der Waals surface area contributed by atoms with Gasteiger partial charge in [0.05, 0.1) is 12.9 Å². The van der Waals surface area contributed by atoms with Crippen molar-refractivity contribution in [2.45, 2.75) is 57.0 Å². The molecule has 1 aliphatic heterocycles. The lowest BCUT2D eigenvalue weighted by molar-refractivity contribution is 0.195. The van der Waals surface area contributed by atoms with Crippen LogP contribution in [0.1, 0.15) is 44.9 Å². The van der Waals surface area contributed by atoms with Crippen LogP contribution < -0.4 is 0 Å². The van der Waals surface area contributed by atoms with Crippen molar-refractivity contribution < 1.29 is 4.74 Å². The van der Waals surface area contributed by atoms with Crippen LogP contribution in [0.2, 0.25) is 0 Å². The average Bonchev–Trinajstić information content (AvgIpc) is 3.21. The van der Waals surface area contributed by atoms with Gasteiger partial charge in [-0.2, -0.15) is 0 Å². The second-order valence-electron chi connectivity index (χ2n) is 8.00. The van der Waals surface area contributed by atoms with Crippen LogP contribution in [0, 0.1) is 23.7 Å². The van der Waals surface area contributed by atoms with E-state index >= 15 is 0 Å². The second-order valence-corrected chi connectivity index (χ2v) is 8.00. The van der Waals surface area contributed by atoms with E-state index in [-0.39, 0.29) is 0 Å². The molecule has 0 radical (unpaired) electrons. The van der Waals surface area contributed by atoms with Crippen molar-refractivity contribution in [3.8, 4) is 0 Å². The highest BCUT2D eigenvalue weighted by Crippen LogP contribution is 2.63. The quantitative estimate of drug-likeness (QED) is 0.783. The van der Waals surface area contributed by atoms with Gasteiger partial charge in [-0.15, -0.1) is 0 Å². The van der Waals surface area contributed by atoms with Gasteiger partial charge in [0.2, 0.25) is 0 Å². The van der Waals surface area contributed by atoms with E-state index in [4.69, 9.17) is 4.74 Å². The van der Waals surface area contributed by atoms with Crippen molar-refractivity contribution >= 4 is 0 Å². The van der Waals surface area contributed by atoms with Gasteiger partial charge >= 0.3 is 0 Å². The van der Waals surface area contributed by atoms with Crippen LogP contribution in [-0.2, 0) is 4.74 Å². The smallest absolute Gasteiger partial charge is 0.0961 e. The van der Waals surface area contributed by atoms with E-state index in [1.165, 1.54) is 43.6 Å². The van der Waals surface area contributed by atoms with E-state index in [0.717, 1.165) is 48.6 Å². The fourth-order valence-electron chi connectivity index (χ4n) is 6.72. The number of likely N-dealkylation sites (tertiary alicyclic amines) is 1. The van der Waals surface area contributed by atoms with E-state index in [0.29, 0.717) is 0 Å². The zero-order chi connectivity index (χ0) is 14.0. The Labute approximate surface area is 128 Å². The van der Waals surface area contributed by atoms with Crippen molar-refractivity contribution in [1.82, 2.24) is 4.90 Å². The molecule has 4 aliphatic carbocycles. The molecule has 5 aliphatic rings. The van der Waals surface area contributed by atoms with E-state index in [1.54, 1.807) is 6.42 Å². The van der Waals surface area contributed by atoms with E-state index in [2.05, 4.69) is 17.1 Å². The van der Waals surface area contributed by atoms with Crippen LogP contribution >= 0.6 is 0 Å². The lowest BCUT2D eigenvalue weighted by Crippen LogP contribution is -2.38. The Kier molecular flexibility index (Phi) is 2.80. The van der Waals surface area contributed by atoms with Crippen LogP contribution in [0.5, 0.6) is 0 Å². The Balaban J connectivity index is 1.40. The van der Waals surface area contributed by atoms with Gasteiger partial charge in [-0.3, -0.25) is 4.90 Å². The Hall–Kier alpha value is -0.760. The van der Waals surface area contributed by atoms with Gasteiger partial charge in [0.15, 0.2) is 0 Å². The monoisotopic (exact) mass is 285 g/mol. The van der Waals surface area contributed by atoms with Crippen molar-refractivity contribution in [2.24, 2.45) is 23.7 Å². The predicted molar refractivity (Wildman–Crippen MR) is 83.7 cm³/mol. The molecule has 114 valence electrons. The molecule has 4 fully saturated rings. The minimum Gasteiger partial charge on any atom is -0.501 e. The van der Waals surface area contributed by atoms with Gasteiger partial charge in [-0.05, 0) is 73.8 Å². The molecule has 0 aromatic rings. The van der Waals surface area contributed by atoms with Crippen molar-refractivity contribution in [3.05, 3.63) is 23.5 Å². The largest absolute Gasteiger partial charge is 0.501 e. The number of nitrogens with zero attached hydrogens (tertiary/aromatic N) is 1. The molecule has 0 aromatic carbocycles. The maximum absolute atomic E-state index is 5.48. The number of hydrogen-bond acceptors (Lipinski definition) is 2. The molecule has 0 bridgehead atoms. The summed E-state index contributed by atoms with van der Waals surface area (Å²) in [6.07, 6.45) is 14.6. The van der Waals surface area contributed by atoms with Gasteiger partial charge in [0.25, 0.3) is 0 Å². The van der Waals surface area contributed by atoms with Gasteiger partial charge < -0.3 is 4.74 Å². The molecule has 1 saturated heterocycles. The highest BCUT2D eigenvalue weighted by Gasteiger charge is 2.62. The molecule has 1 heterocycles. The molecular formula is C19H27NO. The summed E-state index contributed by atoms with van der Waals surface area (Å²) < 4.78 is 5.48. The predicted octanol–water partition coefficient (Wildman–Crippen LogP) is 3.75. The highest BCUT2D eigenvalue weighted by molar-refractivity contribution is 5.28. The fourth-order valence-corrected chi connectivity index (χ4v) is 6.72. The van der Waals surface area contributed by atoms with Crippen LogP contribution in [0.25, 0.3) is 0 Å². The summed E-state index contributed by atoms with van der Waals surface area (Å²) in [5.74, 6) is 5.49. The Morgan fingerprint density at radius 1 is 1.10 bits per heavy atom. The van der Waals surface area contributed by atoms with Crippen LogP contribution in [0.4, 0.5) is 0 Å². The zero-order valence-electron chi connectivity index (χ0n) is 13.1. The molecule has 5 rings (SSSR count). The molecule has 2 heteroatoms. The minimum absolute atomic E-state index is 0.914. The molecule has 6 atom stereocenters. The number of hydrogen-bond donors (Lipinski definition) is 0. The lowest BCUT2D eigenvalue weighted by atomic mass is 9.90. The molecule has 0 spiro atoms. The first-order valence-electron chi connectivity index (χ1n) is 9.04. The third-order valence-electron chi connectivity index (χ3n) is 7.32. The van der Waals surface area contributed by atoms with Gasteiger partial charge in [-0.1, -0.05) is 6.08 Å². The SMILES string of the molecule is COC1=CC(CN2C3CCC4CC5CCC2C5C43)=CCC1. The maximum Gasteiger partial charge on any atom is 0.0961 e. The Morgan fingerprint density at radius 2 is 1.81 bits per heavy atom. The summed E-state index contributed by atoms with van der Waals surface area (Å²) in [4.78, 5) is 2.93. The third-order valence-corrected chi connectivity index (χ3v) is 7.32. The molecule has 2 nitrogen and oxygen atoms in total. The Morgan fingerprint density at radius 3 is 2.48 bits per heavy atom. The first kappa shape index (κ1) is 12.8. The number of ether oxygens (including phenoxy) is 1. The van der Waals surface area contributed by atoms with E-state index in [9.17, 15) is 0 Å².